The molecule has 0 spiro atoms. The molecule has 0 radical (unpaired) electrons. The second kappa shape index (κ2) is 12.7. The first kappa shape index (κ1) is 32.2. The van der Waals surface area contributed by atoms with Gasteiger partial charge in [-0.15, -0.1) is 16.4 Å². The van der Waals surface area contributed by atoms with E-state index in [1.165, 1.54) is 33.3 Å². The third-order valence-electron chi connectivity index (χ3n) is 11.1. The topological polar surface area (TPSA) is 113 Å². The molecule has 8 rings (SSSR count). The Morgan fingerprint density at radius 2 is 1.63 bits per heavy atom. The number of piperazine rings is 1. The molecule has 256 valence electrons. The normalized spacial score (nSPS) is 20.2. The van der Waals surface area contributed by atoms with Gasteiger partial charge >= 0.3 is 0 Å². The van der Waals surface area contributed by atoms with Crippen LogP contribution in [0.15, 0.2) is 42.5 Å². The van der Waals surface area contributed by atoms with Crippen LogP contribution in [0.3, 0.4) is 0 Å². The average Bonchev–Trinajstić information content (AvgIpc) is 3.91. The van der Waals surface area contributed by atoms with Crippen LogP contribution in [0.25, 0.3) is 32.5 Å². The monoisotopic (exact) mass is 678 g/mol. The molecule has 2 bridgehead atoms. The zero-order chi connectivity index (χ0) is 33.9. The molecule has 49 heavy (non-hydrogen) atoms. The number of amides is 2. The van der Waals surface area contributed by atoms with Crippen molar-refractivity contribution in [3.05, 3.63) is 64.0 Å². The molecule has 5 aromatic rings. The van der Waals surface area contributed by atoms with Crippen molar-refractivity contribution >= 4 is 50.1 Å². The molecule has 3 fully saturated rings. The summed E-state index contributed by atoms with van der Waals surface area (Å²) in [5, 5.41) is 15.0. The maximum Gasteiger partial charge on any atom is 0.238 e. The van der Waals surface area contributed by atoms with Crippen LogP contribution < -0.4 is 5.32 Å². The molecule has 0 saturated carbocycles. The number of hydrogen-bond donors (Lipinski definition) is 3. The van der Waals surface area contributed by atoms with E-state index < -0.39 is 5.41 Å². The zero-order valence-electron chi connectivity index (χ0n) is 28.9. The minimum atomic E-state index is -0.557. The van der Waals surface area contributed by atoms with Crippen LogP contribution in [0.5, 0.6) is 0 Å². The van der Waals surface area contributed by atoms with E-state index >= 15 is 0 Å². The number of aromatic nitrogens is 4. The Bertz CT molecular complexity index is 1990. The average molecular weight is 679 g/mol. The van der Waals surface area contributed by atoms with E-state index in [1.807, 2.05) is 18.2 Å². The summed E-state index contributed by atoms with van der Waals surface area (Å²) in [6.45, 7) is 13.4. The van der Waals surface area contributed by atoms with E-state index in [1.54, 1.807) is 11.3 Å². The Morgan fingerprint density at radius 3 is 2.35 bits per heavy atom. The van der Waals surface area contributed by atoms with Crippen LogP contribution >= 0.6 is 11.3 Å². The fourth-order valence-electron chi connectivity index (χ4n) is 8.40. The van der Waals surface area contributed by atoms with Crippen LogP contribution in [-0.4, -0.2) is 98.3 Å². The summed E-state index contributed by atoms with van der Waals surface area (Å²) >= 11 is 1.75. The fraction of sp³-hybridized carbons (Fsp3) is 0.474. The van der Waals surface area contributed by atoms with Crippen LogP contribution in [0.2, 0.25) is 0 Å². The number of fused-ring (bicyclic) bond motifs is 4. The number of thiophene rings is 1. The molecule has 0 unspecified atom stereocenters. The number of carbonyl (C=O) groups is 2. The van der Waals surface area contributed by atoms with Gasteiger partial charge in [0, 0.05) is 60.8 Å². The number of hydrogen-bond acceptors (Lipinski definition) is 7. The molecule has 6 heterocycles. The maximum absolute atomic E-state index is 14.0. The first-order valence-corrected chi connectivity index (χ1v) is 18.6. The number of nitrogens with zero attached hydrogens (tertiary/aromatic N) is 5. The van der Waals surface area contributed by atoms with E-state index in [0.717, 1.165) is 91.3 Å². The Hall–Kier alpha value is -4.06. The Morgan fingerprint density at radius 1 is 0.939 bits per heavy atom. The molecule has 0 aliphatic carbocycles. The van der Waals surface area contributed by atoms with Gasteiger partial charge in [-0.05, 0) is 107 Å². The number of carbonyl (C=O) groups excluding carboxylic acids is 2. The number of H-pyrrole nitrogens is 2. The summed E-state index contributed by atoms with van der Waals surface area (Å²) < 4.78 is 0. The minimum Gasteiger partial charge on any atom is -0.346 e. The molecule has 3 aromatic heterocycles. The predicted molar refractivity (Wildman–Crippen MR) is 196 cm³/mol. The van der Waals surface area contributed by atoms with Crippen LogP contribution in [0.4, 0.5) is 5.69 Å². The number of nitrogens with one attached hydrogen (secondary N) is 3. The van der Waals surface area contributed by atoms with Crippen molar-refractivity contribution in [2.75, 3.05) is 44.6 Å². The Labute approximate surface area is 291 Å². The Balaban J connectivity index is 0.963. The van der Waals surface area contributed by atoms with Crippen molar-refractivity contribution in [3.63, 3.8) is 0 Å². The van der Waals surface area contributed by atoms with E-state index in [4.69, 9.17) is 0 Å². The second-order valence-electron chi connectivity index (χ2n) is 15.0. The van der Waals surface area contributed by atoms with Crippen molar-refractivity contribution in [2.24, 2.45) is 0 Å². The molecule has 3 saturated heterocycles. The van der Waals surface area contributed by atoms with Gasteiger partial charge < -0.3 is 20.1 Å². The lowest BCUT2D eigenvalue weighted by Gasteiger charge is -2.34. The molecule has 2 aromatic carbocycles. The highest BCUT2D eigenvalue weighted by atomic mass is 32.1. The van der Waals surface area contributed by atoms with Gasteiger partial charge in [0.15, 0.2) is 0 Å². The smallest absolute Gasteiger partial charge is 0.238 e. The van der Waals surface area contributed by atoms with E-state index in [0.29, 0.717) is 24.5 Å². The van der Waals surface area contributed by atoms with Gasteiger partial charge in [-0.25, -0.2) is 0 Å². The molecule has 10 nitrogen and oxygen atoms in total. The van der Waals surface area contributed by atoms with Gasteiger partial charge in [0.25, 0.3) is 0 Å². The van der Waals surface area contributed by atoms with Gasteiger partial charge in [-0.3, -0.25) is 19.6 Å². The van der Waals surface area contributed by atoms with E-state index in [9.17, 15) is 9.59 Å². The van der Waals surface area contributed by atoms with Crippen molar-refractivity contribution in [1.82, 2.24) is 35.1 Å². The lowest BCUT2D eigenvalue weighted by Crippen LogP contribution is -2.49. The number of benzene rings is 2. The summed E-state index contributed by atoms with van der Waals surface area (Å²) in [5.41, 5.74) is 8.01. The molecule has 3 aliphatic rings. The molecule has 3 N–H and O–H groups in total. The summed E-state index contributed by atoms with van der Waals surface area (Å²) in [4.78, 5) is 40.0. The van der Waals surface area contributed by atoms with E-state index in [-0.39, 0.29) is 5.91 Å². The molecule has 11 heteroatoms. The van der Waals surface area contributed by atoms with Crippen molar-refractivity contribution in [2.45, 2.75) is 77.3 Å². The fourth-order valence-corrected chi connectivity index (χ4v) is 9.59. The van der Waals surface area contributed by atoms with Crippen LogP contribution in [0.1, 0.15) is 61.1 Å². The van der Waals surface area contributed by atoms with Crippen molar-refractivity contribution in [1.29, 1.82) is 0 Å². The third-order valence-corrected chi connectivity index (χ3v) is 12.4. The van der Waals surface area contributed by atoms with Crippen molar-refractivity contribution < 1.29 is 9.59 Å². The molecule has 3 aliphatic heterocycles. The van der Waals surface area contributed by atoms with E-state index in [2.05, 4.69) is 92.4 Å². The maximum atomic E-state index is 14.0. The largest absolute Gasteiger partial charge is 0.346 e. The number of aryl methyl sites for hydroxylation is 2. The second-order valence-corrected chi connectivity index (χ2v) is 16.0. The van der Waals surface area contributed by atoms with Gasteiger partial charge in [-0.2, -0.15) is 0 Å². The van der Waals surface area contributed by atoms with Crippen LogP contribution in [0, 0.1) is 13.8 Å². The first-order chi connectivity index (χ1) is 23.6. The molecular weight excluding hydrogens is 633 g/mol. The first-order valence-electron chi connectivity index (χ1n) is 17.7. The van der Waals surface area contributed by atoms with Gasteiger partial charge in [0.05, 0.1) is 23.2 Å². The SMILES string of the molecule is Cc1cc(C)cc(-c2[nH]c3sc(C(C)(C)C(=O)N4C5CCC4CC5)cc3c2CCN2CCN(CC(=O)Nc3ccc4[nH]nnc4c3)CC2)c1. The van der Waals surface area contributed by atoms with Gasteiger partial charge in [0.1, 0.15) is 10.3 Å². The van der Waals surface area contributed by atoms with Crippen LogP contribution in [-0.2, 0) is 21.4 Å². The number of rotatable bonds is 9. The summed E-state index contributed by atoms with van der Waals surface area (Å²) in [6.07, 6.45) is 5.54. The highest BCUT2D eigenvalue weighted by Gasteiger charge is 2.47. The van der Waals surface area contributed by atoms with Crippen molar-refractivity contribution in [3.8, 4) is 11.3 Å². The van der Waals surface area contributed by atoms with Gasteiger partial charge in [0.2, 0.25) is 11.8 Å². The zero-order valence-corrected chi connectivity index (χ0v) is 29.8. The number of aromatic amines is 2. The van der Waals surface area contributed by atoms with Gasteiger partial charge in [-0.1, -0.05) is 22.4 Å². The number of anilines is 1. The Kier molecular flexibility index (Phi) is 8.32. The highest BCUT2D eigenvalue weighted by molar-refractivity contribution is 7.19. The summed E-state index contributed by atoms with van der Waals surface area (Å²) in [7, 11) is 0. The quantitative estimate of drug-likeness (QED) is 0.176. The molecule has 2 amide bonds. The summed E-state index contributed by atoms with van der Waals surface area (Å²) in [6, 6.07) is 15.5. The molecule has 0 atom stereocenters. The molecular formula is C38H46N8O2S. The summed E-state index contributed by atoms with van der Waals surface area (Å²) in [5.74, 6) is 0.274. The minimum absolute atomic E-state index is 0.0175. The lowest BCUT2D eigenvalue weighted by molar-refractivity contribution is -0.137. The third kappa shape index (κ3) is 6.17. The standard InChI is InChI=1S/C38H46N8O2S/c1-23-17-24(2)19-25(18-23)35-29(30-21-33(49-36(30)40-35)38(3,4)37(48)46-27-6-7-28(46)9-8-27)11-12-44-13-15-45(16-14-44)22-34(47)39-26-5-10-31-32(20-26)42-43-41-31/h5,10,17-21,27-28,40H,6-9,11-16,22H2,1-4H3,(H,39,47)(H,41,42,43). The highest BCUT2D eigenvalue weighted by Crippen LogP contribution is 2.44. The lowest BCUT2D eigenvalue weighted by atomic mass is 9.88. The predicted octanol–water partition coefficient (Wildman–Crippen LogP) is 6.01.